The second kappa shape index (κ2) is 7.22. The Morgan fingerprint density at radius 3 is 2.40 bits per heavy atom. The van der Waals surface area contributed by atoms with E-state index in [4.69, 9.17) is 20.3 Å². The van der Waals surface area contributed by atoms with Gasteiger partial charge in [0.2, 0.25) is 11.7 Å². The minimum atomic E-state index is -1.19. The number of Topliss-reactive ketones (excluding diaryl/α,β-unsaturated/α-hetero) is 2. The molecule has 0 fully saturated rings. The Hall–Kier alpha value is -4.38. The van der Waals surface area contributed by atoms with Gasteiger partial charge in [-0.05, 0) is 6.07 Å². The number of ether oxygens (including phenoxy) is 2. The van der Waals surface area contributed by atoms with Gasteiger partial charge in [0, 0.05) is 16.7 Å². The Kier molecular flexibility index (Phi) is 4.56. The molecule has 1 atom stereocenters. The third-order valence-corrected chi connectivity index (χ3v) is 4.87. The molecule has 2 aliphatic rings. The number of carbonyl (C=O) groups is 3. The second-order valence-electron chi connectivity index (χ2n) is 6.59. The molecule has 3 N–H and O–H groups in total. The van der Waals surface area contributed by atoms with Gasteiger partial charge in [0.05, 0.1) is 11.5 Å². The predicted molar refractivity (Wildman–Crippen MR) is 102 cm³/mol. The van der Waals surface area contributed by atoms with Crippen LogP contribution >= 0.6 is 0 Å². The molecule has 1 unspecified atom stereocenters. The van der Waals surface area contributed by atoms with Crippen LogP contribution in [0.1, 0.15) is 32.2 Å². The van der Waals surface area contributed by atoms with Crippen molar-refractivity contribution < 1.29 is 29.0 Å². The minimum Gasteiger partial charge on any atom is -0.482 e. The van der Waals surface area contributed by atoms with Gasteiger partial charge < -0.3 is 20.3 Å². The fourth-order valence-electron chi connectivity index (χ4n) is 3.61. The zero-order chi connectivity index (χ0) is 21.4. The highest BCUT2D eigenvalue weighted by Gasteiger charge is 2.44. The standard InChI is InChI=1S/C22H14N2O6/c23-9-14-17(13-7-3-4-8-15(13)29-10-16(25)26)18-19(27)11-5-1-2-6-12(11)20(28)21(18)30-22(14)24/h1-8,17H,10,24H2,(H,25,26). The van der Waals surface area contributed by atoms with Crippen molar-refractivity contribution in [3.05, 3.63) is 88.0 Å². The lowest BCUT2D eigenvalue weighted by atomic mass is 9.75. The number of para-hydroxylation sites is 1. The van der Waals surface area contributed by atoms with E-state index in [1.165, 1.54) is 18.2 Å². The highest BCUT2D eigenvalue weighted by molar-refractivity contribution is 6.27. The van der Waals surface area contributed by atoms with Gasteiger partial charge in [-0.15, -0.1) is 0 Å². The largest absolute Gasteiger partial charge is 0.482 e. The molecule has 0 radical (unpaired) electrons. The highest BCUT2D eigenvalue weighted by Crippen LogP contribution is 2.46. The van der Waals surface area contributed by atoms with Gasteiger partial charge in [0.25, 0.3) is 0 Å². The van der Waals surface area contributed by atoms with E-state index in [-0.39, 0.29) is 39.7 Å². The summed E-state index contributed by atoms with van der Waals surface area (Å²) < 4.78 is 10.8. The second-order valence-corrected chi connectivity index (χ2v) is 6.59. The molecule has 1 heterocycles. The van der Waals surface area contributed by atoms with E-state index < -0.39 is 30.1 Å². The summed E-state index contributed by atoms with van der Waals surface area (Å²) in [6, 6.07) is 14.6. The number of benzene rings is 2. The van der Waals surface area contributed by atoms with Gasteiger partial charge in [-0.2, -0.15) is 5.26 Å². The van der Waals surface area contributed by atoms with Gasteiger partial charge in [-0.3, -0.25) is 9.59 Å². The summed E-state index contributed by atoms with van der Waals surface area (Å²) in [7, 11) is 0. The van der Waals surface area contributed by atoms with Crippen molar-refractivity contribution in [2.24, 2.45) is 5.73 Å². The van der Waals surface area contributed by atoms with Crippen LogP contribution in [0.5, 0.6) is 5.75 Å². The first-order valence-electron chi connectivity index (χ1n) is 8.87. The predicted octanol–water partition coefficient (Wildman–Crippen LogP) is 2.29. The fourth-order valence-corrected chi connectivity index (χ4v) is 3.61. The summed E-state index contributed by atoms with van der Waals surface area (Å²) in [5, 5.41) is 18.7. The number of hydrogen-bond donors (Lipinski definition) is 2. The number of fused-ring (bicyclic) bond motifs is 1. The summed E-state index contributed by atoms with van der Waals surface area (Å²) in [5.74, 6) is -3.62. The fraction of sp³-hybridized carbons (Fsp3) is 0.0909. The van der Waals surface area contributed by atoms with Crippen molar-refractivity contribution in [2.75, 3.05) is 6.61 Å². The summed E-state index contributed by atoms with van der Waals surface area (Å²) >= 11 is 0. The number of nitrogens with zero attached hydrogens (tertiary/aromatic N) is 1. The van der Waals surface area contributed by atoms with Crippen LogP contribution in [0.15, 0.2) is 71.3 Å². The Balaban J connectivity index is 1.93. The Labute approximate surface area is 170 Å². The van der Waals surface area contributed by atoms with Crippen molar-refractivity contribution in [1.29, 1.82) is 5.26 Å². The number of aliphatic carboxylic acids is 1. The summed E-state index contributed by atoms with van der Waals surface area (Å²) in [6.45, 7) is -0.622. The van der Waals surface area contributed by atoms with Gasteiger partial charge in [0.15, 0.2) is 18.1 Å². The molecule has 30 heavy (non-hydrogen) atoms. The number of ketones is 2. The molecule has 2 aromatic carbocycles. The topological polar surface area (TPSA) is 140 Å². The van der Waals surface area contributed by atoms with E-state index in [1.807, 2.05) is 6.07 Å². The summed E-state index contributed by atoms with van der Waals surface area (Å²) in [4.78, 5) is 37.3. The van der Waals surface area contributed by atoms with Crippen LogP contribution in [0.3, 0.4) is 0 Å². The molecule has 0 amide bonds. The van der Waals surface area contributed by atoms with Crippen LogP contribution in [0, 0.1) is 11.3 Å². The number of carboxylic acids is 1. The van der Waals surface area contributed by atoms with Gasteiger partial charge in [-0.1, -0.05) is 42.5 Å². The zero-order valence-corrected chi connectivity index (χ0v) is 15.4. The monoisotopic (exact) mass is 402 g/mol. The SMILES string of the molecule is N#CC1=C(N)OC2=C(C(=O)c3ccccc3C2=O)C1c1ccccc1OCC(=O)O. The quantitative estimate of drug-likeness (QED) is 0.794. The van der Waals surface area contributed by atoms with E-state index in [0.717, 1.165) is 0 Å². The van der Waals surface area contributed by atoms with Crippen LogP contribution in [0.4, 0.5) is 0 Å². The highest BCUT2D eigenvalue weighted by atomic mass is 16.5. The molecular weight excluding hydrogens is 388 g/mol. The normalized spacial score (nSPS) is 17.6. The molecule has 0 spiro atoms. The van der Waals surface area contributed by atoms with Crippen molar-refractivity contribution in [3.8, 4) is 11.8 Å². The molecule has 1 aliphatic carbocycles. The maximum atomic E-state index is 13.3. The van der Waals surface area contributed by atoms with E-state index in [1.54, 1.807) is 30.3 Å². The molecule has 0 saturated carbocycles. The van der Waals surface area contributed by atoms with Crippen LogP contribution in [-0.2, 0) is 9.53 Å². The van der Waals surface area contributed by atoms with Crippen molar-refractivity contribution in [1.82, 2.24) is 0 Å². The van der Waals surface area contributed by atoms with Gasteiger partial charge in [0.1, 0.15) is 17.4 Å². The molecule has 2 aromatic rings. The Morgan fingerprint density at radius 2 is 1.73 bits per heavy atom. The number of carboxylic acid groups (broad SMARTS) is 1. The first-order chi connectivity index (χ1) is 14.4. The lowest BCUT2D eigenvalue weighted by molar-refractivity contribution is -0.139. The van der Waals surface area contributed by atoms with Gasteiger partial charge >= 0.3 is 5.97 Å². The molecule has 8 nitrogen and oxygen atoms in total. The Bertz CT molecular complexity index is 1220. The van der Waals surface area contributed by atoms with E-state index in [9.17, 15) is 19.6 Å². The molecular formula is C22H14N2O6. The number of nitrogens with two attached hydrogens (primary N) is 1. The molecule has 0 bridgehead atoms. The number of carbonyl (C=O) groups excluding carboxylic acids is 2. The molecule has 0 aromatic heterocycles. The average Bonchev–Trinajstić information content (AvgIpc) is 2.75. The lowest BCUT2D eigenvalue weighted by Crippen LogP contribution is -2.32. The van der Waals surface area contributed by atoms with Gasteiger partial charge in [-0.25, -0.2) is 4.79 Å². The van der Waals surface area contributed by atoms with Crippen LogP contribution in [0.2, 0.25) is 0 Å². The Morgan fingerprint density at radius 1 is 1.10 bits per heavy atom. The lowest BCUT2D eigenvalue weighted by Gasteiger charge is -2.31. The molecule has 148 valence electrons. The third-order valence-electron chi connectivity index (χ3n) is 4.87. The molecule has 0 saturated heterocycles. The van der Waals surface area contributed by atoms with Crippen molar-refractivity contribution >= 4 is 17.5 Å². The maximum absolute atomic E-state index is 13.3. The van der Waals surface area contributed by atoms with Crippen LogP contribution < -0.4 is 10.5 Å². The summed E-state index contributed by atoms with van der Waals surface area (Å²) in [5.41, 5.74) is 6.53. The number of allylic oxidation sites excluding steroid dienone is 3. The maximum Gasteiger partial charge on any atom is 0.341 e. The number of hydrogen-bond acceptors (Lipinski definition) is 7. The zero-order valence-electron chi connectivity index (χ0n) is 15.4. The smallest absolute Gasteiger partial charge is 0.341 e. The van der Waals surface area contributed by atoms with Crippen LogP contribution in [0.25, 0.3) is 0 Å². The molecule has 8 heteroatoms. The third kappa shape index (κ3) is 2.89. The van der Waals surface area contributed by atoms with Crippen molar-refractivity contribution in [2.45, 2.75) is 5.92 Å². The van der Waals surface area contributed by atoms with Crippen molar-refractivity contribution in [3.63, 3.8) is 0 Å². The van der Waals surface area contributed by atoms with E-state index >= 15 is 0 Å². The van der Waals surface area contributed by atoms with Crippen LogP contribution in [-0.4, -0.2) is 29.2 Å². The minimum absolute atomic E-state index is 0.0316. The molecule has 1 aliphatic heterocycles. The first-order valence-corrected chi connectivity index (χ1v) is 8.87. The average molecular weight is 402 g/mol. The van der Waals surface area contributed by atoms with E-state index in [0.29, 0.717) is 5.56 Å². The van der Waals surface area contributed by atoms with E-state index in [2.05, 4.69) is 0 Å². The first kappa shape index (κ1) is 19.0. The molecule has 4 rings (SSSR count). The number of nitriles is 1. The number of rotatable bonds is 4. The summed E-state index contributed by atoms with van der Waals surface area (Å²) in [6.07, 6.45) is 0.